The molecular formula is C13H14N10O. The zero-order valence-electron chi connectivity index (χ0n) is 12.8. The van der Waals surface area contributed by atoms with Gasteiger partial charge in [-0.15, -0.1) is 5.10 Å². The number of nitrogens with one attached hydrogen (secondary N) is 2. The van der Waals surface area contributed by atoms with Gasteiger partial charge in [0.1, 0.15) is 24.7 Å². The molecule has 0 aromatic carbocycles. The van der Waals surface area contributed by atoms with E-state index in [1.807, 2.05) is 6.92 Å². The molecule has 11 nitrogen and oxygen atoms in total. The second kappa shape index (κ2) is 5.61. The molecule has 0 aliphatic rings. The molecule has 0 atom stereocenters. The van der Waals surface area contributed by atoms with Crippen LogP contribution in [-0.4, -0.2) is 45.4 Å². The van der Waals surface area contributed by atoms with Crippen LogP contribution in [0.4, 0.5) is 5.82 Å². The van der Waals surface area contributed by atoms with E-state index in [1.54, 1.807) is 23.4 Å². The van der Waals surface area contributed by atoms with E-state index in [4.69, 9.17) is 10.5 Å². The Hall–Kier alpha value is -3.50. The van der Waals surface area contributed by atoms with E-state index in [2.05, 4.69) is 40.6 Å². The van der Waals surface area contributed by atoms with Gasteiger partial charge in [-0.2, -0.15) is 15.0 Å². The number of nitrogens with two attached hydrogens (primary N) is 1. The summed E-state index contributed by atoms with van der Waals surface area (Å²) in [6, 6.07) is 1.61. The molecule has 4 N–H and O–H groups in total. The summed E-state index contributed by atoms with van der Waals surface area (Å²) >= 11 is 0. The van der Waals surface area contributed by atoms with Crippen LogP contribution in [0, 0.1) is 6.92 Å². The first-order valence-corrected chi connectivity index (χ1v) is 7.17. The van der Waals surface area contributed by atoms with E-state index in [1.165, 1.54) is 0 Å². The maximum Gasteiger partial charge on any atom is 0.181 e. The van der Waals surface area contributed by atoms with Gasteiger partial charge in [0.2, 0.25) is 0 Å². The average molecular weight is 326 g/mol. The predicted molar refractivity (Wildman–Crippen MR) is 82.9 cm³/mol. The van der Waals surface area contributed by atoms with Gasteiger partial charge in [-0.25, -0.2) is 15.1 Å². The molecule has 0 spiro atoms. The highest BCUT2D eigenvalue weighted by atomic mass is 16.5. The van der Waals surface area contributed by atoms with Gasteiger partial charge in [-0.3, -0.25) is 0 Å². The number of fused-ring (bicyclic) bond motifs is 1. The fourth-order valence-corrected chi connectivity index (χ4v) is 2.28. The number of aromatic nitrogens is 9. The maximum atomic E-state index is 5.79. The minimum absolute atomic E-state index is 0.234. The number of ether oxygens (including phenoxy) is 1. The predicted octanol–water partition coefficient (Wildman–Crippen LogP) is 0.185. The van der Waals surface area contributed by atoms with Crippen molar-refractivity contribution in [2.75, 3.05) is 5.73 Å². The fraction of sp³-hybridized carbons (Fsp3) is 0.231. The molecule has 4 aromatic rings. The maximum absolute atomic E-state index is 5.79. The molecule has 0 aliphatic carbocycles. The van der Waals surface area contributed by atoms with Crippen LogP contribution in [0.5, 0.6) is 5.75 Å². The molecule has 122 valence electrons. The quantitative estimate of drug-likeness (QED) is 0.470. The van der Waals surface area contributed by atoms with Gasteiger partial charge in [0.05, 0.1) is 17.7 Å². The average Bonchev–Trinajstić information content (AvgIpc) is 3.27. The van der Waals surface area contributed by atoms with Crippen LogP contribution in [0.2, 0.25) is 0 Å². The summed E-state index contributed by atoms with van der Waals surface area (Å²) in [6.45, 7) is 2.59. The molecule has 4 aromatic heterocycles. The summed E-state index contributed by atoms with van der Waals surface area (Å²) in [5, 5.41) is 19.1. The monoisotopic (exact) mass is 326 g/mol. The molecule has 11 heteroatoms. The number of hydrogen-bond donors (Lipinski definition) is 3. The lowest BCUT2D eigenvalue weighted by Crippen LogP contribution is -2.05. The molecule has 0 saturated heterocycles. The van der Waals surface area contributed by atoms with Gasteiger partial charge in [0.15, 0.2) is 16.9 Å². The highest BCUT2D eigenvalue weighted by Crippen LogP contribution is 2.23. The summed E-state index contributed by atoms with van der Waals surface area (Å²) in [4.78, 5) is 12.7. The fourth-order valence-electron chi connectivity index (χ4n) is 2.28. The minimum atomic E-state index is 0.234. The molecule has 0 unspecified atom stereocenters. The second-order valence-electron chi connectivity index (χ2n) is 5.17. The Morgan fingerprint density at radius 3 is 3.08 bits per heavy atom. The van der Waals surface area contributed by atoms with Crippen molar-refractivity contribution in [3.8, 4) is 5.75 Å². The van der Waals surface area contributed by atoms with Crippen LogP contribution in [0.25, 0.3) is 11.2 Å². The summed E-state index contributed by atoms with van der Waals surface area (Å²) in [5.41, 5.74) is 9.10. The Balaban J connectivity index is 1.53. The molecule has 0 fully saturated rings. The van der Waals surface area contributed by atoms with Crippen molar-refractivity contribution >= 4 is 17.0 Å². The molecular weight excluding hydrogens is 312 g/mol. The van der Waals surface area contributed by atoms with Gasteiger partial charge in [0, 0.05) is 12.3 Å². The van der Waals surface area contributed by atoms with Crippen molar-refractivity contribution in [2.45, 2.75) is 20.1 Å². The Kier molecular flexibility index (Phi) is 3.30. The van der Waals surface area contributed by atoms with Crippen LogP contribution in [0.3, 0.4) is 0 Å². The van der Waals surface area contributed by atoms with E-state index < -0.39 is 0 Å². The SMILES string of the molecule is Cc1nn(Cc2c[nH]cn2)nc1COc1cc(N)nc2[nH]nnc12. The third kappa shape index (κ3) is 2.62. The van der Waals surface area contributed by atoms with Gasteiger partial charge in [-0.05, 0) is 6.92 Å². The molecule has 0 amide bonds. The van der Waals surface area contributed by atoms with E-state index in [0.717, 1.165) is 17.1 Å². The lowest BCUT2D eigenvalue weighted by Gasteiger charge is -2.05. The topological polar surface area (TPSA) is 149 Å². The number of imidazole rings is 1. The first-order chi connectivity index (χ1) is 11.7. The number of aryl methyl sites for hydroxylation is 1. The first kappa shape index (κ1) is 14.1. The Morgan fingerprint density at radius 1 is 1.33 bits per heavy atom. The van der Waals surface area contributed by atoms with E-state index in [0.29, 0.717) is 29.3 Å². The Labute approximate surface area is 135 Å². The van der Waals surface area contributed by atoms with Crippen molar-refractivity contribution in [2.24, 2.45) is 0 Å². The number of hydrogen-bond acceptors (Lipinski definition) is 8. The third-order valence-corrected chi connectivity index (χ3v) is 3.43. The summed E-state index contributed by atoms with van der Waals surface area (Å²) < 4.78 is 5.79. The zero-order valence-corrected chi connectivity index (χ0v) is 12.8. The van der Waals surface area contributed by atoms with Crippen LogP contribution < -0.4 is 10.5 Å². The molecule has 4 heterocycles. The van der Waals surface area contributed by atoms with Crippen LogP contribution >= 0.6 is 0 Å². The highest BCUT2D eigenvalue weighted by Gasteiger charge is 2.13. The number of aromatic amines is 2. The number of pyridine rings is 1. The highest BCUT2D eigenvalue weighted by molar-refractivity contribution is 5.78. The molecule has 24 heavy (non-hydrogen) atoms. The minimum Gasteiger partial charge on any atom is -0.485 e. The van der Waals surface area contributed by atoms with Crippen molar-refractivity contribution in [1.82, 2.24) is 45.4 Å². The van der Waals surface area contributed by atoms with Crippen molar-refractivity contribution in [3.05, 3.63) is 35.7 Å². The molecule has 0 saturated carbocycles. The smallest absolute Gasteiger partial charge is 0.181 e. The number of nitrogen functional groups attached to an aromatic ring is 1. The van der Waals surface area contributed by atoms with Gasteiger partial charge in [0.25, 0.3) is 0 Å². The van der Waals surface area contributed by atoms with Gasteiger partial charge >= 0.3 is 0 Å². The lowest BCUT2D eigenvalue weighted by molar-refractivity contribution is 0.302. The van der Waals surface area contributed by atoms with E-state index >= 15 is 0 Å². The molecule has 0 bridgehead atoms. The molecule has 0 aliphatic heterocycles. The standard InChI is InChI=1S/C13H14N10O/c1-7-9(21-23(20-7)4-8-3-15-6-16-8)5-24-10-2-11(14)17-13-12(10)18-22-19-13/h2-3,6H,4-5H2,1H3,(H,15,16)(H3,14,17,18,19,22). The van der Waals surface area contributed by atoms with Crippen LogP contribution in [-0.2, 0) is 13.2 Å². The molecule has 4 rings (SSSR count). The lowest BCUT2D eigenvalue weighted by atomic mass is 10.3. The third-order valence-electron chi connectivity index (χ3n) is 3.43. The largest absolute Gasteiger partial charge is 0.485 e. The summed E-state index contributed by atoms with van der Waals surface area (Å²) in [5.74, 6) is 0.815. The first-order valence-electron chi connectivity index (χ1n) is 7.17. The van der Waals surface area contributed by atoms with Gasteiger partial charge < -0.3 is 15.5 Å². The molecule has 0 radical (unpaired) electrons. The van der Waals surface area contributed by atoms with Crippen LogP contribution in [0.15, 0.2) is 18.6 Å². The summed E-state index contributed by atoms with van der Waals surface area (Å²) in [7, 11) is 0. The zero-order chi connectivity index (χ0) is 16.5. The second-order valence-corrected chi connectivity index (χ2v) is 5.17. The number of anilines is 1. The number of rotatable bonds is 5. The number of H-pyrrole nitrogens is 2. The van der Waals surface area contributed by atoms with Crippen LogP contribution in [0.1, 0.15) is 17.1 Å². The normalized spacial score (nSPS) is 11.2. The Morgan fingerprint density at radius 2 is 2.25 bits per heavy atom. The van der Waals surface area contributed by atoms with Gasteiger partial charge in [-0.1, -0.05) is 5.21 Å². The Bertz CT molecular complexity index is 970. The van der Waals surface area contributed by atoms with E-state index in [9.17, 15) is 0 Å². The van der Waals surface area contributed by atoms with Crippen molar-refractivity contribution < 1.29 is 4.74 Å². The van der Waals surface area contributed by atoms with Crippen molar-refractivity contribution in [1.29, 1.82) is 0 Å². The van der Waals surface area contributed by atoms with E-state index in [-0.39, 0.29) is 6.61 Å². The summed E-state index contributed by atoms with van der Waals surface area (Å²) in [6.07, 6.45) is 3.42. The number of nitrogens with zero attached hydrogens (tertiary/aromatic N) is 7. The van der Waals surface area contributed by atoms with Crippen molar-refractivity contribution in [3.63, 3.8) is 0 Å².